The fourth-order valence-corrected chi connectivity index (χ4v) is 3.44. The molecule has 0 bridgehead atoms. The standard InChI is InChI=1S/C23H15BrN2O6/c24-15-6-3-5-14(11-15)20(27)25-19(12-16-7-4-10-31-16)23(30)32-13-26-21(28)17-8-1-2-9-18(17)22(26)29/h1-12H,13H2,(H,25,27)/b19-12-. The van der Waals surface area contributed by atoms with Crippen LogP contribution >= 0.6 is 15.9 Å². The molecule has 1 N–H and O–H groups in total. The number of hydrogen-bond acceptors (Lipinski definition) is 6. The van der Waals surface area contributed by atoms with Crippen LogP contribution in [0.2, 0.25) is 0 Å². The first-order chi connectivity index (χ1) is 15.4. The number of nitrogens with one attached hydrogen (secondary N) is 1. The molecule has 0 spiro atoms. The van der Waals surface area contributed by atoms with Gasteiger partial charge in [0, 0.05) is 16.1 Å². The molecule has 3 aromatic rings. The number of carbonyl (C=O) groups is 4. The highest BCUT2D eigenvalue weighted by atomic mass is 79.9. The van der Waals surface area contributed by atoms with Gasteiger partial charge >= 0.3 is 5.97 Å². The number of benzene rings is 2. The van der Waals surface area contributed by atoms with E-state index in [1.54, 1.807) is 48.5 Å². The first-order valence-corrected chi connectivity index (χ1v) is 10.2. The van der Waals surface area contributed by atoms with E-state index in [1.807, 2.05) is 0 Å². The van der Waals surface area contributed by atoms with Gasteiger partial charge in [0.05, 0.1) is 17.4 Å². The van der Waals surface area contributed by atoms with Crippen LogP contribution in [-0.4, -0.2) is 35.3 Å². The van der Waals surface area contributed by atoms with Crippen molar-refractivity contribution >= 4 is 45.7 Å². The third kappa shape index (κ3) is 4.37. The van der Waals surface area contributed by atoms with E-state index >= 15 is 0 Å². The highest BCUT2D eigenvalue weighted by molar-refractivity contribution is 9.10. The number of fused-ring (bicyclic) bond motifs is 1. The van der Waals surface area contributed by atoms with Gasteiger partial charge in [-0.05, 0) is 42.5 Å². The van der Waals surface area contributed by atoms with Crippen molar-refractivity contribution in [1.29, 1.82) is 0 Å². The number of rotatable bonds is 6. The van der Waals surface area contributed by atoms with Crippen LogP contribution in [0, 0.1) is 0 Å². The summed E-state index contributed by atoms with van der Waals surface area (Å²) in [6, 6.07) is 16.1. The van der Waals surface area contributed by atoms with Gasteiger partial charge in [0.25, 0.3) is 17.7 Å². The lowest BCUT2D eigenvalue weighted by Crippen LogP contribution is -2.35. The topological polar surface area (TPSA) is 106 Å². The molecule has 0 radical (unpaired) electrons. The van der Waals surface area contributed by atoms with Gasteiger partial charge in [-0.15, -0.1) is 0 Å². The smallest absolute Gasteiger partial charge is 0.356 e. The number of imide groups is 1. The lowest BCUT2D eigenvalue weighted by atomic mass is 10.1. The van der Waals surface area contributed by atoms with Gasteiger partial charge in [-0.25, -0.2) is 9.69 Å². The molecule has 0 fully saturated rings. The van der Waals surface area contributed by atoms with E-state index in [9.17, 15) is 19.2 Å². The van der Waals surface area contributed by atoms with Crippen molar-refractivity contribution in [2.45, 2.75) is 0 Å². The number of nitrogens with zero attached hydrogens (tertiary/aromatic N) is 1. The SMILES string of the molecule is O=C(OCN1C(=O)c2ccccc2C1=O)/C(=C/c1ccco1)NC(=O)c1cccc(Br)c1. The van der Waals surface area contributed by atoms with Gasteiger partial charge in [-0.2, -0.15) is 0 Å². The van der Waals surface area contributed by atoms with Gasteiger partial charge < -0.3 is 14.5 Å². The zero-order valence-electron chi connectivity index (χ0n) is 16.4. The summed E-state index contributed by atoms with van der Waals surface area (Å²) in [6.07, 6.45) is 2.70. The molecule has 0 saturated carbocycles. The summed E-state index contributed by atoms with van der Waals surface area (Å²) in [7, 11) is 0. The van der Waals surface area contributed by atoms with Crippen molar-refractivity contribution in [3.63, 3.8) is 0 Å². The predicted molar refractivity (Wildman–Crippen MR) is 116 cm³/mol. The Morgan fingerprint density at radius 1 is 1.00 bits per heavy atom. The van der Waals surface area contributed by atoms with Crippen LogP contribution in [0.25, 0.3) is 6.08 Å². The maximum absolute atomic E-state index is 12.7. The molecule has 4 rings (SSSR count). The van der Waals surface area contributed by atoms with Crippen LogP contribution in [0.5, 0.6) is 0 Å². The second kappa shape index (κ2) is 9.03. The number of hydrogen-bond donors (Lipinski definition) is 1. The Balaban J connectivity index is 1.51. The molecule has 0 aliphatic carbocycles. The predicted octanol–water partition coefficient (Wildman–Crippen LogP) is 3.61. The number of furan rings is 1. The number of ether oxygens (including phenoxy) is 1. The summed E-state index contributed by atoms with van der Waals surface area (Å²) in [5.74, 6) is -2.32. The molecule has 0 unspecified atom stereocenters. The largest absolute Gasteiger partial charge is 0.465 e. The highest BCUT2D eigenvalue weighted by Gasteiger charge is 2.36. The maximum atomic E-state index is 12.7. The molecular weight excluding hydrogens is 480 g/mol. The summed E-state index contributed by atoms with van der Waals surface area (Å²) in [5, 5.41) is 2.49. The number of esters is 1. The van der Waals surface area contributed by atoms with Crippen LogP contribution in [0.1, 0.15) is 36.8 Å². The van der Waals surface area contributed by atoms with E-state index in [0.717, 1.165) is 4.90 Å². The molecule has 32 heavy (non-hydrogen) atoms. The van der Waals surface area contributed by atoms with Crippen LogP contribution in [-0.2, 0) is 9.53 Å². The van der Waals surface area contributed by atoms with Gasteiger partial charge in [-0.3, -0.25) is 14.4 Å². The number of halogens is 1. The van der Waals surface area contributed by atoms with Crippen molar-refractivity contribution in [1.82, 2.24) is 10.2 Å². The van der Waals surface area contributed by atoms with E-state index in [0.29, 0.717) is 15.8 Å². The Hall–Kier alpha value is -3.98. The van der Waals surface area contributed by atoms with Gasteiger partial charge in [-0.1, -0.05) is 34.1 Å². The Bertz CT molecular complexity index is 1210. The fraction of sp³-hybridized carbons (Fsp3) is 0.0435. The lowest BCUT2D eigenvalue weighted by molar-refractivity contribution is -0.141. The van der Waals surface area contributed by atoms with Gasteiger partial charge in [0.2, 0.25) is 0 Å². The molecule has 0 atom stereocenters. The molecule has 3 amide bonds. The first-order valence-electron chi connectivity index (χ1n) is 9.38. The summed E-state index contributed by atoms with van der Waals surface area (Å²) in [5.41, 5.74) is 0.560. The number of carbonyl (C=O) groups excluding carboxylic acids is 4. The molecule has 1 aliphatic rings. The molecule has 8 nitrogen and oxygen atoms in total. The van der Waals surface area contributed by atoms with E-state index in [-0.39, 0.29) is 16.8 Å². The van der Waals surface area contributed by atoms with Crippen LogP contribution < -0.4 is 5.32 Å². The van der Waals surface area contributed by atoms with E-state index in [1.165, 1.54) is 24.5 Å². The minimum Gasteiger partial charge on any atom is -0.465 e. The Labute approximate surface area is 190 Å². The normalized spacial score (nSPS) is 13.2. The molecule has 2 aromatic carbocycles. The molecule has 160 valence electrons. The average Bonchev–Trinajstić information content (AvgIpc) is 3.39. The second-order valence-corrected chi connectivity index (χ2v) is 7.60. The quantitative estimate of drug-likeness (QED) is 0.318. The van der Waals surface area contributed by atoms with E-state index < -0.39 is 30.4 Å². The Kier molecular flexibility index (Phi) is 6.00. The molecule has 1 aliphatic heterocycles. The summed E-state index contributed by atoms with van der Waals surface area (Å²) in [4.78, 5) is 51.1. The zero-order valence-corrected chi connectivity index (χ0v) is 18.0. The van der Waals surface area contributed by atoms with Crippen LogP contribution in [0.4, 0.5) is 0 Å². The van der Waals surface area contributed by atoms with E-state index in [2.05, 4.69) is 21.2 Å². The van der Waals surface area contributed by atoms with Crippen LogP contribution in [0.3, 0.4) is 0 Å². The fourth-order valence-electron chi connectivity index (χ4n) is 3.04. The lowest BCUT2D eigenvalue weighted by Gasteiger charge is -2.15. The zero-order chi connectivity index (χ0) is 22.7. The maximum Gasteiger partial charge on any atom is 0.356 e. The van der Waals surface area contributed by atoms with Crippen LogP contribution in [0.15, 0.2) is 81.5 Å². The number of amides is 3. The van der Waals surface area contributed by atoms with Crippen molar-refractivity contribution in [2.24, 2.45) is 0 Å². The van der Waals surface area contributed by atoms with Gasteiger partial charge in [0.1, 0.15) is 11.5 Å². The monoisotopic (exact) mass is 494 g/mol. The molecule has 0 saturated heterocycles. The third-order valence-corrected chi connectivity index (χ3v) is 5.08. The molecule has 9 heteroatoms. The molecular formula is C23H15BrN2O6. The Morgan fingerprint density at radius 3 is 2.34 bits per heavy atom. The van der Waals surface area contributed by atoms with Crippen molar-refractivity contribution in [3.05, 3.63) is 99.5 Å². The minimum absolute atomic E-state index is 0.221. The highest BCUT2D eigenvalue weighted by Crippen LogP contribution is 2.22. The second-order valence-electron chi connectivity index (χ2n) is 6.68. The van der Waals surface area contributed by atoms with Crippen molar-refractivity contribution < 1.29 is 28.3 Å². The van der Waals surface area contributed by atoms with Crippen molar-refractivity contribution in [2.75, 3.05) is 6.73 Å². The summed E-state index contributed by atoms with van der Waals surface area (Å²) in [6.45, 7) is -0.604. The minimum atomic E-state index is -0.943. The summed E-state index contributed by atoms with van der Waals surface area (Å²) < 4.78 is 11.1. The molecule has 2 heterocycles. The Morgan fingerprint density at radius 2 is 1.72 bits per heavy atom. The summed E-state index contributed by atoms with van der Waals surface area (Å²) >= 11 is 3.29. The third-order valence-electron chi connectivity index (χ3n) is 4.59. The van der Waals surface area contributed by atoms with E-state index in [4.69, 9.17) is 9.15 Å². The average molecular weight is 495 g/mol. The van der Waals surface area contributed by atoms with Crippen molar-refractivity contribution in [3.8, 4) is 0 Å². The molecule has 1 aromatic heterocycles. The first kappa shape index (κ1) is 21.3. The van der Waals surface area contributed by atoms with Gasteiger partial charge in [0.15, 0.2) is 6.73 Å².